The molecule has 2 rings (SSSR count). The van der Waals surface area contributed by atoms with Crippen LogP contribution in [0.5, 0.6) is 0 Å². The highest BCUT2D eigenvalue weighted by molar-refractivity contribution is 4.97. The summed E-state index contributed by atoms with van der Waals surface area (Å²) in [6, 6.07) is 0.603. The largest absolute Gasteiger partial charge is 0.344 e. The van der Waals surface area contributed by atoms with Gasteiger partial charge in [-0.05, 0) is 104 Å². The molecule has 46 heavy (non-hydrogen) atoms. The minimum atomic E-state index is -0.311. The molecule has 1 saturated carbocycles. The zero-order valence-electron chi connectivity index (χ0n) is 31.2. The van der Waals surface area contributed by atoms with Crippen LogP contribution in [-0.4, -0.2) is 43.0 Å². The Bertz CT molecular complexity index is 798. The Labute approximate surface area is 287 Å². The summed E-state index contributed by atoms with van der Waals surface area (Å²) in [7, 11) is 4.40. The van der Waals surface area contributed by atoms with Gasteiger partial charge in [-0.1, -0.05) is 133 Å². The van der Waals surface area contributed by atoms with Gasteiger partial charge in [-0.25, -0.2) is 0 Å². The lowest BCUT2D eigenvalue weighted by molar-refractivity contribution is -0.193. The van der Waals surface area contributed by atoms with E-state index in [9.17, 15) is 0 Å². The van der Waals surface area contributed by atoms with Crippen molar-refractivity contribution in [2.45, 2.75) is 211 Å². The van der Waals surface area contributed by atoms with Crippen molar-refractivity contribution in [1.29, 1.82) is 0 Å². The Morgan fingerprint density at radius 3 is 1.20 bits per heavy atom. The molecule has 0 N–H and O–H groups in total. The fourth-order valence-electron chi connectivity index (χ4n) is 7.13. The smallest absolute Gasteiger partial charge is 0.169 e. The normalized spacial score (nSPS) is 23.5. The van der Waals surface area contributed by atoms with Crippen LogP contribution in [-0.2, 0) is 9.47 Å². The Kier molecular flexibility index (Phi) is 24.7. The van der Waals surface area contributed by atoms with Crippen LogP contribution in [0, 0.1) is 0 Å². The molecule has 3 heteroatoms. The van der Waals surface area contributed by atoms with Crippen molar-refractivity contribution >= 4 is 0 Å². The minimum absolute atomic E-state index is 0.301. The summed E-state index contributed by atoms with van der Waals surface area (Å²) in [5, 5.41) is 0. The maximum Gasteiger partial charge on any atom is 0.169 e. The van der Waals surface area contributed by atoms with Gasteiger partial charge in [-0.2, -0.15) is 0 Å². The Morgan fingerprint density at radius 2 is 0.826 bits per heavy atom. The van der Waals surface area contributed by atoms with Crippen LogP contribution in [0.4, 0.5) is 0 Å². The van der Waals surface area contributed by atoms with E-state index in [1.807, 2.05) is 0 Å². The predicted octanol–water partition coefficient (Wildman–Crippen LogP) is 13.2. The van der Waals surface area contributed by atoms with Crippen LogP contribution in [0.1, 0.15) is 187 Å². The van der Waals surface area contributed by atoms with Crippen LogP contribution in [0.15, 0.2) is 48.6 Å². The monoisotopic (exact) mass is 640 g/mol. The fraction of sp³-hybridized carbons (Fsp3) is 0.814. The van der Waals surface area contributed by atoms with Gasteiger partial charge in [0.15, 0.2) is 5.79 Å². The molecule has 1 unspecified atom stereocenters. The third-order valence-corrected chi connectivity index (χ3v) is 10.2. The second-order valence-electron chi connectivity index (χ2n) is 14.6. The number of hydrogen-bond acceptors (Lipinski definition) is 3. The average Bonchev–Trinajstić information content (AvgIpc) is 3.59. The van der Waals surface area contributed by atoms with Crippen molar-refractivity contribution in [3.63, 3.8) is 0 Å². The molecule has 1 heterocycles. The maximum absolute atomic E-state index is 6.82. The molecule has 0 aromatic heterocycles. The van der Waals surface area contributed by atoms with Crippen molar-refractivity contribution in [1.82, 2.24) is 4.90 Å². The number of unbranched alkanes of at least 4 members (excludes halogenated alkanes) is 17. The third kappa shape index (κ3) is 19.6. The van der Waals surface area contributed by atoms with Gasteiger partial charge >= 0.3 is 0 Å². The number of nitrogens with zero attached hydrogens (tertiary/aromatic N) is 1. The molecule has 0 amide bonds. The first-order valence-electron chi connectivity index (χ1n) is 20.2. The van der Waals surface area contributed by atoms with E-state index in [2.05, 4.69) is 81.5 Å². The van der Waals surface area contributed by atoms with Gasteiger partial charge in [0.05, 0.1) is 12.2 Å². The zero-order chi connectivity index (χ0) is 33.0. The van der Waals surface area contributed by atoms with E-state index in [1.54, 1.807) is 0 Å². The number of fused-ring (bicyclic) bond motifs is 1. The van der Waals surface area contributed by atoms with E-state index in [0.717, 1.165) is 38.5 Å². The third-order valence-electron chi connectivity index (χ3n) is 10.2. The average molecular weight is 640 g/mol. The van der Waals surface area contributed by atoms with E-state index < -0.39 is 0 Å². The molecule has 4 atom stereocenters. The zero-order valence-corrected chi connectivity index (χ0v) is 31.2. The molecular weight excluding hydrogens is 562 g/mol. The van der Waals surface area contributed by atoms with E-state index >= 15 is 0 Å². The molecule has 1 aliphatic carbocycles. The molecular formula is C43H77NO2. The second kappa shape index (κ2) is 27.8. The fourth-order valence-corrected chi connectivity index (χ4v) is 7.13. The number of hydrogen-bond donors (Lipinski definition) is 0. The minimum Gasteiger partial charge on any atom is -0.344 e. The highest BCUT2D eigenvalue weighted by atomic mass is 16.8. The van der Waals surface area contributed by atoms with Crippen molar-refractivity contribution in [2.24, 2.45) is 0 Å². The summed E-state index contributed by atoms with van der Waals surface area (Å²) in [5.74, 6) is -0.311. The SMILES string of the molecule is CCCCC/C=C\C/C=C\CCCCCCCCC1(CCCCCCC/C=C\C/C=C\CCCCC)O[C@H]2C[C@H](N(C)C)C[C@H]2O1. The van der Waals surface area contributed by atoms with E-state index in [-0.39, 0.29) is 5.79 Å². The van der Waals surface area contributed by atoms with Crippen LogP contribution < -0.4 is 0 Å². The van der Waals surface area contributed by atoms with Gasteiger partial charge in [0.2, 0.25) is 0 Å². The number of allylic oxidation sites excluding steroid dienone is 8. The molecule has 0 radical (unpaired) electrons. The van der Waals surface area contributed by atoms with Crippen LogP contribution in [0.2, 0.25) is 0 Å². The second-order valence-corrected chi connectivity index (χ2v) is 14.6. The first-order valence-corrected chi connectivity index (χ1v) is 20.2. The molecule has 3 nitrogen and oxygen atoms in total. The maximum atomic E-state index is 6.82. The highest BCUT2D eigenvalue weighted by Gasteiger charge is 2.51. The van der Waals surface area contributed by atoms with E-state index in [0.29, 0.717) is 18.2 Å². The molecule has 0 aromatic rings. The summed E-state index contributed by atoms with van der Waals surface area (Å²) in [4.78, 5) is 2.36. The molecule has 0 bridgehead atoms. The highest BCUT2D eigenvalue weighted by Crippen LogP contribution is 2.44. The van der Waals surface area contributed by atoms with Crippen molar-refractivity contribution in [3.05, 3.63) is 48.6 Å². The summed E-state index contributed by atoms with van der Waals surface area (Å²) in [5.41, 5.74) is 0. The molecule has 2 fully saturated rings. The lowest BCUT2D eigenvalue weighted by Gasteiger charge is -2.31. The molecule has 266 valence electrons. The Balaban J connectivity index is 1.56. The van der Waals surface area contributed by atoms with Gasteiger partial charge in [0, 0.05) is 18.9 Å². The van der Waals surface area contributed by atoms with E-state index in [1.165, 1.54) is 135 Å². The Hall–Kier alpha value is -1.16. The van der Waals surface area contributed by atoms with Crippen LogP contribution in [0.3, 0.4) is 0 Å². The van der Waals surface area contributed by atoms with Crippen molar-refractivity contribution in [2.75, 3.05) is 14.1 Å². The summed E-state index contributed by atoms with van der Waals surface area (Å²) in [6.07, 6.45) is 53.5. The Morgan fingerprint density at radius 1 is 0.478 bits per heavy atom. The van der Waals surface area contributed by atoms with Crippen LogP contribution in [0.25, 0.3) is 0 Å². The standard InChI is InChI=1S/C43H77NO2/c1-5-7-9-11-13-15-17-19-21-23-25-27-29-31-33-35-37-43(45-41-38-40(44(3)4)39-42(41)46-43)36-34-32-30-28-26-24-22-20-18-16-14-12-10-8-6-2/h13-16,19-22,40-42H,5-12,17-18,23-39H2,1-4H3/b15-13-,16-14-,21-19-,22-20-/t40-,41-,42+,43?. The van der Waals surface area contributed by atoms with Crippen molar-refractivity contribution < 1.29 is 9.47 Å². The van der Waals surface area contributed by atoms with Crippen molar-refractivity contribution in [3.8, 4) is 0 Å². The summed E-state index contributed by atoms with van der Waals surface area (Å²) < 4.78 is 13.6. The summed E-state index contributed by atoms with van der Waals surface area (Å²) in [6.45, 7) is 4.54. The number of ether oxygens (including phenoxy) is 2. The van der Waals surface area contributed by atoms with Gasteiger partial charge < -0.3 is 14.4 Å². The summed E-state index contributed by atoms with van der Waals surface area (Å²) >= 11 is 0. The van der Waals surface area contributed by atoms with Gasteiger partial charge in [0.25, 0.3) is 0 Å². The number of rotatable bonds is 30. The van der Waals surface area contributed by atoms with Gasteiger partial charge in [0.1, 0.15) is 0 Å². The molecule has 1 aliphatic heterocycles. The van der Waals surface area contributed by atoms with Gasteiger partial charge in [-0.3, -0.25) is 0 Å². The molecule has 1 saturated heterocycles. The van der Waals surface area contributed by atoms with E-state index in [4.69, 9.17) is 9.47 Å². The first-order chi connectivity index (χ1) is 22.6. The van der Waals surface area contributed by atoms with Gasteiger partial charge in [-0.15, -0.1) is 0 Å². The topological polar surface area (TPSA) is 21.7 Å². The quantitative estimate of drug-likeness (QED) is 0.0576. The lowest BCUT2D eigenvalue weighted by atomic mass is 9.98. The predicted molar refractivity (Wildman–Crippen MR) is 203 cm³/mol. The van der Waals surface area contributed by atoms with Crippen LogP contribution >= 0.6 is 0 Å². The molecule has 2 aliphatic rings. The molecule has 0 spiro atoms. The first kappa shape index (κ1) is 41.0. The molecule has 0 aromatic carbocycles. The lowest BCUT2D eigenvalue weighted by Crippen LogP contribution is -2.34.